The summed E-state index contributed by atoms with van der Waals surface area (Å²) in [4.78, 5) is 6.84. The molecule has 1 aromatic carbocycles. The molecule has 0 amide bonds. The van der Waals surface area contributed by atoms with Crippen LogP contribution in [-0.4, -0.2) is 36.2 Å². The zero-order chi connectivity index (χ0) is 13.2. The summed E-state index contributed by atoms with van der Waals surface area (Å²) in [6, 6.07) is 5.57. The van der Waals surface area contributed by atoms with Crippen LogP contribution in [0.1, 0.15) is 18.7 Å². The van der Waals surface area contributed by atoms with Gasteiger partial charge in [-0.25, -0.2) is 4.98 Å². The Morgan fingerprint density at radius 2 is 2.21 bits per heavy atom. The predicted octanol–water partition coefficient (Wildman–Crippen LogP) is 2.02. The minimum absolute atomic E-state index is 0.402. The first kappa shape index (κ1) is 12.4. The van der Waals surface area contributed by atoms with Crippen molar-refractivity contribution in [3.8, 4) is 0 Å². The molecule has 1 saturated heterocycles. The van der Waals surface area contributed by atoms with E-state index in [0.29, 0.717) is 11.8 Å². The molecule has 102 valence electrons. The number of nitrogen functional groups attached to an aromatic ring is 1. The molecule has 19 heavy (non-hydrogen) atoms. The molecule has 0 spiro atoms. The van der Waals surface area contributed by atoms with Crippen LogP contribution in [0.5, 0.6) is 0 Å². The van der Waals surface area contributed by atoms with Crippen molar-refractivity contribution >= 4 is 16.8 Å². The van der Waals surface area contributed by atoms with Crippen molar-refractivity contribution < 1.29 is 9.15 Å². The van der Waals surface area contributed by atoms with Gasteiger partial charge in [0.15, 0.2) is 5.58 Å². The van der Waals surface area contributed by atoms with E-state index in [0.717, 1.165) is 49.5 Å². The Kier molecular flexibility index (Phi) is 3.40. The van der Waals surface area contributed by atoms with Gasteiger partial charge >= 0.3 is 0 Å². The van der Waals surface area contributed by atoms with Crippen molar-refractivity contribution in [2.24, 2.45) is 0 Å². The number of rotatable bonds is 3. The summed E-state index contributed by atoms with van der Waals surface area (Å²) in [7, 11) is 1.78. The van der Waals surface area contributed by atoms with E-state index in [4.69, 9.17) is 14.9 Å². The molecule has 2 aromatic rings. The molecule has 3 rings (SSSR count). The summed E-state index contributed by atoms with van der Waals surface area (Å²) >= 11 is 0. The Labute approximate surface area is 112 Å². The van der Waals surface area contributed by atoms with Gasteiger partial charge in [-0.2, -0.15) is 0 Å². The Balaban J connectivity index is 1.68. The quantitative estimate of drug-likeness (QED) is 0.856. The summed E-state index contributed by atoms with van der Waals surface area (Å²) in [5.41, 5.74) is 8.08. The minimum atomic E-state index is 0.402. The van der Waals surface area contributed by atoms with Crippen LogP contribution in [-0.2, 0) is 11.3 Å². The number of fused-ring (bicyclic) bond motifs is 1. The van der Waals surface area contributed by atoms with E-state index in [9.17, 15) is 0 Å². The molecule has 0 radical (unpaired) electrons. The number of piperidine rings is 1. The average molecular weight is 261 g/mol. The van der Waals surface area contributed by atoms with Crippen LogP contribution in [0.2, 0.25) is 0 Å². The van der Waals surface area contributed by atoms with Gasteiger partial charge < -0.3 is 14.9 Å². The number of nitrogens with zero attached hydrogens (tertiary/aromatic N) is 2. The molecule has 1 aromatic heterocycles. The first-order chi connectivity index (χ1) is 9.24. The van der Waals surface area contributed by atoms with E-state index in [1.54, 1.807) is 7.11 Å². The van der Waals surface area contributed by atoms with Crippen molar-refractivity contribution in [1.82, 2.24) is 9.88 Å². The molecular formula is C14H19N3O2. The standard InChI is InChI=1S/C14H19N3O2/c1-18-11-4-6-17(7-5-11)9-14-16-12-3-2-10(15)8-13(12)19-14/h2-3,8,11H,4-7,9,15H2,1H3. The molecule has 2 N–H and O–H groups in total. The van der Waals surface area contributed by atoms with E-state index in [-0.39, 0.29) is 0 Å². The van der Waals surface area contributed by atoms with Crippen LogP contribution < -0.4 is 5.73 Å². The molecule has 2 heterocycles. The Bertz CT molecular complexity index is 559. The SMILES string of the molecule is COC1CCN(Cc2nc3ccc(N)cc3o2)CC1. The van der Waals surface area contributed by atoms with Crippen molar-refractivity contribution in [1.29, 1.82) is 0 Å². The van der Waals surface area contributed by atoms with Crippen LogP contribution in [0.15, 0.2) is 22.6 Å². The molecular weight excluding hydrogens is 242 g/mol. The van der Waals surface area contributed by atoms with Gasteiger partial charge in [0, 0.05) is 32.0 Å². The van der Waals surface area contributed by atoms with Gasteiger partial charge in [-0.1, -0.05) is 0 Å². The lowest BCUT2D eigenvalue weighted by Gasteiger charge is -2.30. The maximum Gasteiger partial charge on any atom is 0.209 e. The van der Waals surface area contributed by atoms with E-state index in [1.165, 1.54) is 0 Å². The van der Waals surface area contributed by atoms with E-state index < -0.39 is 0 Å². The van der Waals surface area contributed by atoms with Crippen molar-refractivity contribution in [3.05, 3.63) is 24.1 Å². The molecule has 1 fully saturated rings. The van der Waals surface area contributed by atoms with E-state index in [1.807, 2.05) is 18.2 Å². The number of methoxy groups -OCH3 is 1. The van der Waals surface area contributed by atoms with Crippen LogP contribution >= 0.6 is 0 Å². The normalized spacial score (nSPS) is 18.2. The Morgan fingerprint density at radius 1 is 1.42 bits per heavy atom. The molecule has 0 saturated carbocycles. The van der Waals surface area contributed by atoms with Crippen LogP contribution in [0, 0.1) is 0 Å². The topological polar surface area (TPSA) is 64.5 Å². The lowest BCUT2D eigenvalue weighted by atomic mass is 10.1. The summed E-state index contributed by atoms with van der Waals surface area (Å²) in [5, 5.41) is 0. The van der Waals surface area contributed by atoms with E-state index in [2.05, 4.69) is 9.88 Å². The van der Waals surface area contributed by atoms with Gasteiger partial charge in [0.05, 0.1) is 12.6 Å². The summed E-state index contributed by atoms with van der Waals surface area (Å²) < 4.78 is 11.1. The molecule has 0 bridgehead atoms. The monoisotopic (exact) mass is 261 g/mol. The van der Waals surface area contributed by atoms with Gasteiger partial charge in [0.25, 0.3) is 0 Å². The Morgan fingerprint density at radius 3 is 2.95 bits per heavy atom. The van der Waals surface area contributed by atoms with E-state index >= 15 is 0 Å². The number of hydrogen-bond acceptors (Lipinski definition) is 5. The lowest BCUT2D eigenvalue weighted by molar-refractivity contribution is 0.0366. The number of anilines is 1. The van der Waals surface area contributed by atoms with Crippen LogP contribution in [0.25, 0.3) is 11.1 Å². The largest absolute Gasteiger partial charge is 0.439 e. The molecule has 1 aliphatic rings. The highest BCUT2D eigenvalue weighted by Crippen LogP contribution is 2.21. The number of aromatic nitrogens is 1. The second kappa shape index (κ2) is 5.19. The van der Waals surface area contributed by atoms with Gasteiger partial charge in [-0.3, -0.25) is 4.90 Å². The lowest BCUT2D eigenvalue weighted by Crippen LogP contribution is -2.36. The van der Waals surface area contributed by atoms with Crippen LogP contribution in [0.3, 0.4) is 0 Å². The highest BCUT2D eigenvalue weighted by molar-refractivity contribution is 5.76. The summed E-state index contributed by atoms with van der Waals surface area (Å²) in [6.07, 6.45) is 2.55. The minimum Gasteiger partial charge on any atom is -0.439 e. The second-order valence-corrected chi connectivity index (χ2v) is 5.05. The third-order valence-corrected chi connectivity index (χ3v) is 3.68. The average Bonchev–Trinajstić information content (AvgIpc) is 2.81. The fourth-order valence-electron chi connectivity index (χ4n) is 2.55. The third kappa shape index (κ3) is 2.72. The maximum atomic E-state index is 5.74. The number of ether oxygens (including phenoxy) is 1. The van der Waals surface area contributed by atoms with Crippen LogP contribution in [0.4, 0.5) is 5.69 Å². The van der Waals surface area contributed by atoms with Crippen molar-refractivity contribution in [2.75, 3.05) is 25.9 Å². The van der Waals surface area contributed by atoms with Crippen molar-refractivity contribution in [3.63, 3.8) is 0 Å². The molecule has 5 nitrogen and oxygen atoms in total. The highest BCUT2D eigenvalue weighted by atomic mass is 16.5. The van der Waals surface area contributed by atoms with Crippen molar-refractivity contribution in [2.45, 2.75) is 25.5 Å². The first-order valence-corrected chi connectivity index (χ1v) is 6.64. The first-order valence-electron chi connectivity index (χ1n) is 6.64. The zero-order valence-corrected chi connectivity index (χ0v) is 11.1. The Hall–Kier alpha value is -1.59. The fourth-order valence-corrected chi connectivity index (χ4v) is 2.55. The molecule has 1 aliphatic heterocycles. The van der Waals surface area contributed by atoms with Gasteiger partial charge in [-0.05, 0) is 25.0 Å². The summed E-state index contributed by atoms with van der Waals surface area (Å²) in [6.45, 7) is 2.81. The maximum absolute atomic E-state index is 5.74. The molecule has 0 atom stereocenters. The van der Waals surface area contributed by atoms with Gasteiger partial charge in [0.1, 0.15) is 5.52 Å². The second-order valence-electron chi connectivity index (χ2n) is 5.05. The highest BCUT2D eigenvalue weighted by Gasteiger charge is 2.20. The smallest absolute Gasteiger partial charge is 0.209 e. The zero-order valence-electron chi connectivity index (χ0n) is 11.1. The third-order valence-electron chi connectivity index (χ3n) is 3.68. The summed E-state index contributed by atoms with van der Waals surface area (Å²) in [5.74, 6) is 0.761. The predicted molar refractivity (Wildman–Crippen MR) is 73.7 cm³/mol. The van der Waals surface area contributed by atoms with Gasteiger partial charge in [0.2, 0.25) is 5.89 Å². The number of oxazole rings is 1. The fraction of sp³-hybridized carbons (Fsp3) is 0.500. The molecule has 0 unspecified atom stereocenters. The number of nitrogens with two attached hydrogens (primary N) is 1. The number of likely N-dealkylation sites (tertiary alicyclic amines) is 1. The van der Waals surface area contributed by atoms with Gasteiger partial charge in [-0.15, -0.1) is 0 Å². The number of hydrogen-bond donors (Lipinski definition) is 1. The molecule has 5 heteroatoms. The number of benzene rings is 1. The molecule has 0 aliphatic carbocycles.